The van der Waals surface area contributed by atoms with Crippen LogP contribution in [0.15, 0.2) is 59.5 Å². The molecule has 2 aromatic carbocycles. The molecule has 0 saturated heterocycles. The number of benzene rings is 2. The topological polar surface area (TPSA) is 93.7 Å². The molecule has 1 heterocycles. The molecule has 0 fully saturated rings. The molecule has 0 radical (unpaired) electrons. The first-order valence-electron chi connectivity index (χ1n) is 9.16. The molecule has 0 unspecified atom stereocenters. The Morgan fingerprint density at radius 1 is 1.14 bits per heavy atom. The van der Waals surface area contributed by atoms with Crippen LogP contribution < -0.4 is 10.6 Å². The van der Waals surface area contributed by atoms with Crippen molar-refractivity contribution in [3.8, 4) is 0 Å². The van der Waals surface area contributed by atoms with Crippen molar-refractivity contribution >= 4 is 35.2 Å². The van der Waals surface area contributed by atoms with Gasteiger partial charge in [0.25, 0.3) is 5.91 Å². The number of nitrogens with one attached hydrogen (secondary N) is 2. The highest BCUT2D eigenvalue weighted by Gasteiger charge is 2.32. The first-order valence-corrected chi connectivity index (χ1v) is 10.0. The Balaban J connectivity index is 1.67. The summed E-state index contributed by atoms with van der Waals surface area (Å²) in [6.45, 7) is 0.646. The van der Waals surface area contributed by atoms with Gasteiger partial charge >= 0.3 is 5.97 Å². The number of para-hydroxylation sites is 1. The molecule has 8 heteroatoms. The molecule has 0 saturated carbocycles. The monoisotopic (exact) mass is 414 g/mol. The van der Waals surface area contributed by atoms with E-state index in [0.29, 0.717) is 18.7 Å². The molecular formula is C21H22N2O5S. The van der Waals surface area contributed by atoms with Crippen molar-refractivity contribution in [3.05, 3.63) is 60.2 Å². The minimum atomic E-state index is -1.09. The number of amides is 2. The van der Waals surface area contributed by atoms with Crippen LogP contribution in [-0.2, 0) is 23.9 Å². The van der Waals surface area contributed by atoms with E-state index in [9.17, 15) is 14.4 Å². The van der Waals surface area contributed by atoms with Crippen molar-refractivity contribution in [2.45, 2.75) is 22.7 Å². The molecule has 1 aliphatic heterocycles. The molecule has 0 bridgehead atoms. The lowest BCUT2D eigenvalue weighted by atomic mass is 10.1. The van der Waals surface area contributed by atoms with Gasteiger partial charge in [0.05, 0.1) is 24.0 Å². The molecular weight excluding hydrogens is 392 g/mol. The summed E-state index contributed by atoms with van der Waals surface area (Å²) in [5, 5.41) is 4.86. The van der Waals surface area contributed by atoms with Crippen LogP contribution in [-0.4, -0.2) is 43.3 Å². The number of rotatable bonds is 8. The number of hydrogen-bond donors (Lipinski definition) is 2. The number of anilines is 1. The standard InChI is InChI=1S/C21H22N2O5S/c1-27-12-11-22-21(26)19(14-7-3-2-4-8-14)28-18(24)13-17-20(25)23-15-9-5-6-10-16(15)29-17/h2-10,17,19H,11-13H2,1H3,(H,22,26)(H,23,25)/t17-,19+/m0/s1. The predicted molar refractivity (Wildman–Crippen MR) is 109 cm³/mol. The molecule has 2 aromatic rings. The van der Waals surface area contributed by atoms with Crippen LogP contribution >= 0.6 is 11.8 Å². The number of fused-ring (bicyclic) bond motifs is 1. The maximum absolute atomic E-state index is 12.6. The van der Waals surface area contributed by atoms with Crippen LogP contribution in [0.3, 0.4) is 0 Å². The van der Waals surface area contributed by atoms with Crippen molar-refractivity contribution in [2.24, 2.45) is 0 Å². The van der Waals surface area contributed by atoms with E-state index >= 15 is 0 Å². The number of esters is 1. The van der Waals surface area contributed by atoms with Gasteiger partial charge < -0.3 is 20.1 Å². The van der Waals surface area contributed by atoms with Crippen LogP contribution in [0.1, 0.15) is 18.1 Å². The zero-order valence-electron chi connectivity index (χ0n) is 15.9. The normalized spacial score (nSPS) is 16.3. The van der Waals surface area contributed by atoms with E-state index in [-0.39, 0.29) is 12.3 Å². The summed E-state index contributed by atoms with van der Waals surface area (Å²) >= 11 is 1.31. The van der Waals surface area contributed by atoms with Gasteiger partial charge in [0.1, 0.15) is 0 Å². The molecule has 0 spiro atoms. The number of ether oxygens (including phenoxy) is 2. The second kappa shape index (κ2) is 10.1. The van der Waals surface area contributed by atoms with Crippen molar-refractivity contribution in [1.82, 2.24) is 5.32 Å². The first-order chi connectivity index (χ1) is 14.1. The van der Waals surface area contributed by atoms with E-state index < -0.39 is 23.2 Å². The Morgan fingerprint density at radius 3 is 2.62 bits per heavy atom. The van der Waals surface area contributed by atoms with Crippen molar-refractivity contribution in [2.75, 3.05) is 25.6 Å². The molecule has 152 valence electrons. The fourth-order valence-corrected chi connectivity index (χ4v) is 3.92. The second-order valence-electron chi connectivity index (χ2n) is 6.36. The Hall–Kier alpha value is -2.84. The highest BCUT2D eigenvalue weighted by atomic mass is 32.2. The third-order valence-electron chi connectivity index (χ3n) is 4.25. The third kappa shape index (κ3) is 5.58. The molecule has 2 N–H and O–H groups in total. The maximum Gasteiger partial charge on any atom is 0.308 e. The number of hydrogen-bond acceptors (Lipinski definition) is 6. The lowest BCUT2D eigenvalue weighted by Crippen LogP contribution is -2.36. The quantitative estimate of drug-likeness (QED) is 0.509. The third-order valence-corrected chi connectivity index (χ3v) is 5.53. The highest BCUT2D eigenvalue weighted by Crippen LogP contribution is 2.37. The molecule has 2 amide bonds. The minimum absolute atomic E-state index is 0.139. The van der Waals surface area contributed by atoms with Gasteiger partial charge in [0.2, 0.25) is 12.0 Å². The van der Waals surface area contributed by atoms with Crippen LogP contribution in [0.2, 0.25) is 0 Å². The van der Waals surface area contributed by atoms with Gasteiger partial charge in [0.15, 0.2) is 0 Å². The van der Waals surface area contributed by atoms with Crippen molar-refractivity contribution < 1.29 is 23.9 Å². The summed E-state index contributed by atoms with van der Waals surface area (Å²) in [7, 11) is 1.53. The summed E-state index contributed by atoms with van der Waals surface area (Å²) < 4.78 is 10.4. The van der Waals surface area contributed by atoms with E-state index in [4.69, 9.17) is 9.47 Å². The summed E-state index contributed by atoms with van der Waals surface area (Å²) in [4.78, 5) is 38.3. The van der Waals surface area contributed by atoms with Gasteiger partial charge in [-0.05, 0) is 12.1 Å². The number of methoxy groups -OCH3 is 1. The Morgan fingerprint density at radius 2 is 1.86 bits per heavy atom. The maximum atomic E-state index is 12.6. The molecule has 3 rings (SSSR count). The van der Waals surface area contributed by atoms with Crippen LogP contribution in [0.25, 0.3) is 0 Å². The second-order valence-corrected chi connectivity index (χ2v) is 7.61. The Kier molecular flexibility index (Phi) is 7.26. The summed E-state index contributed by atoms with van der Waals surface area (Å²) in [5.74, 6) is -1.31. The lowest BCUT2D eigenvalue weighted by molar-refractivity contribution is -0.156. The van der Waals surface area contributed by atoms with E-state index in [1.807, 2.05) is 30.3 Å². The van der Waals surface area contributed by atoms with Crippen molar-refractivity contribution in [3.63, 3.8) is 0 Å². The van der Waals surface area contributed by atoms with Gasteiger partial charge in [-0.3, -0.25) is 14.4 Å². The lowest BCUT2D eigenvalue weighted by Gasteiger charge is -2.24. The van der Waals surface area contributed by atoms with E-state index in [2.05, 4.69) is 10.6 Å². The predicted octanol–water partition coefficient (Wildman–Crippen LogP) is 2.54. The van der Waals surface area contributed by atoms with Gasteiger partial charge in [-0.15, -0.1) is 11.8 Å². The fraction of sp³-hybridized carbons (Fsp3) is 0.286. The SMILES string of the molecule is COCCNC(=O)[C@H](OC(=O)C[C@@H]1Sc2ccccc2NC1=O)c1ccccc1. The van der Waals surface area contributed by atoms with Gasteiger partial charge in [0, 0.05) is 24.1 Å². The summed E-state index contributed by atoms with van der Waals surface area (Å²) in [6, 6.07) is 16.2. The van der Waals surface area contributed by atoms with Crippen LogP contribution in [0.4, 0.5) is 5.69 Å². The largest absolute Gasteiger partial charge is 0.447 e. The number of thioether (sulfide) groups is 1. The Bertz CT molecular complexity index is 874. The Labute approximate surface area is 173 Å². The summed E-state index contributed by atoms with van der Waals surface area (Å²) in [5.41, 5.74) is 1.29. The smallest absolute Gasteiger partial charge is 0.308 e. The number of carbonyl (C=O) groups excluding carboxylic acids is 3. The number of carbonyl (C=O) groups is 3. The fourth-order valence-electron chi connectivity index (χ4n) is 2.83. The van der Waals surface area contributed by atoms with Gasteiger partial charge in [-0.2, -0.15) is 0 Å². The molecule has 29 heavy (non-hydrogen) atoms. The van der Waals surface area contributed by atoms with E-state index in [1.54, 1.807) is 24.3 Å². The van der Waals surface area contributed by atoms with Crippen molar-refractivity contribution in [1.29, 1.82) is 0 Å². The van der Waals surface area contributed by atoms with Crippen LogP contribution in [0.5, 0.6) is 0 Å². The summed E-state index contributed by atoms with van der Waals surface area (Å²) in [6.07, 6.45) is -1.23. The zero-order valence-corrected chi connectivity index (χ0v) is 16.7. The molecule has 0 aliphatic carbocycles. The average Bonchev–Trinajstić information content (AvgIpc) is 2.73. The van der Waals surface area contributed by atoms with E-state index in [0.717, 1.165) is 10.6 Å². The van der Waals surface area contributed by atoms with Gasteiger partial charge in [-0.1, -0.05) is 42.5 Å². The molecule has 0 aromatic heterocycles. The molecule has 7 nitrogen and oxygen atoms in total. The molecule has 1 aliphatic rings. The first kappa shape index (κ1) is 20.9. The van der Waals surface area contributed by atoms with Crippen LogP contribution in [0, 0.1) is 0 Å². The molecule has 2 atom stereocenters. The highest BCUT2D eigenvalue weighted by molar-refractivity contribution is 8.01. The minimum Gasteiger partial charge on any atom is -0.447 e. The van der Waals surface area contributed by atoms with E-state index in [1.165, 1.54) is 18.9 Å². The van der Waals surface area contributed by atoms with Gasteiger partial charge in [-0.25, -0.2) is 0 Å². The average molecular weight is 414 g/mol. The zero-order chi connectivity index (χ0) is 20.6.